The average molecular weight is 281 g/mol. The molecule has 0 radical (unpaired) electrons. The maximum Gasteiger partial charge on any atom is 0.170 e. The van der Waals surface area contributed by atoms with Crippen LogP contribution in [0, 0.1) is 6.92 Å². The molecule has 1 aliphatic rings. The number of benzene rings is 1. The summed E-state index contributed by atoms with van der Waals surface area (Å²) >= 11 is 0. The number of carbonyl (C=O) groups excluding carboxylic acids is 1. The molecule has 1 fully saturated rings. The van der Waals surface area contributed by atoms with Crippen molar-refractivity contribution in [2.75, 3.05) is 6.54 Å². The topological polar surface area (TPSA) is 54.9 Å². The number of rotatable bonds is 5. The van der Waals surface area contributed by atoms with Gasteiger partial charge in [0.2, 0.25) is 0 Å². The molecule has 0 amide bonds. The smallest absolute Gasteiger partial charge is 0.170 e. The molecule has 1 aliphatic heterocycles. The van der Waals surface area contributed by atoms with E-state index >= 15 is 0 Å². The molecule has 3 rings (SSSR count). The molecule has 2 heterocycles. The summed E-state index contributed by atoms with van der Waals surface area (Å²) in [5.74, 6) is 0.740. The minimum atomic E-state index is 0.0587. The van der Waals surface area contributed by atoms with E-state index in [1.54, 1.807) is 12.4 Å². The highest BCUT2D eigenvalue weighted by atomic mass is 16.1. The van der Waals surface area contributed by atoms with Gasteiger partial charge in [-0.2, -0.15) is 0 Å². The SMILES string of the molecule is Cc1ncc(C(=O)Cc2ccc(C[C@@H]3CCN3)cc2)cn1. The van der Waals surface area contributed by atoms with Crippen molar-refractivity contribution in [2.45, 2.75) is 32.2 Å². The standard InChI is InChI=1S/C17H19N3O/c1-12-19-10-15(11-20-12)17(21)9-14-4-2-13(3-5-14)8-16-6-7-18-16/h2-5,10-11,16,18H,6-9H2,1H3/t16-/m0/s1. The van der Waals surface area contributed by atoms with Crippen molar-refractivity contribution in [3.63, 3.8) is 0 Å². The Hall–Kier alpha value is -2.07. The lowest BCUT2D eigenvalue weighted by Gasteiger charge is -2.27. The van der Waals surface area contributed by atoms with Crippen LogP contribution in [0.1, 0.15) is 33.7 Å². The molecule has 2 aromatic rings. The first-order valence-corrected chi connectivity index (χ1v) is 7.34. The number of ketones is 1. The first-order valence-electron chi connectivity index (χ1n) is 7.34. The van der Waals surface area contributed by atoms with E-state index in [9.17, 15) is 4.79 Å². The van der Waals surface area contributed by atoms with Crippen LogP contribution < -0.4 is 5.32 Å². The van der Waals surface area contributed by atoms with Crippen molar-refractivity contribution in [2.24, 2.45) is 0 Å². The van der Waals surface area contributed by atoms with Crippen LogP contribution in [-0.4, -0.2) is 28.3 Å². The van der Waals surface area contributed by atoms with Gasteiger partial charge in [-0.3, -0.25) is 4.79 Å². The van der Waals surface area contributed by atoms with Crippen molar-refractivity contribution < 1.29 is 4.79 Å². The van der Waals surface area contributed by atoms with Crippen molar-refractivity contribution in [1.29, 1.82) is 0 Å². The maximum atomic E-state index is 12.2. The van der Waals surface area contributed by atoms with Crippen LogP contribution in [-0.2, 0) is 12.8 Å². The molecule has 4 nitrogen and oxygen atoms in total. The highest BCUT2D eigenvalue weighted by Gasteiger charge is 2.16. The van der Waals surface area contributed by atoms with Gasteiger partial charge in [-0.05, 0) is 37.4 Å². The number of nitrogens with zero attached hydrogens (tertiary/aromatic N) is 2. The van der Waals surface area contributed by atoms with Gasteiger partial charge in [0.1, 0.15) is 5.82 Å². The molecule has 0 aliphatic carbocycles. The quantitative estimate of drug-likeness (QED) is 0.853. The number of aryl methyl sites for hydroxylation is 1. The molecule has 0 unspecified atom stereocenters. The highest BCUT2D eigenvalue weighted by molar-refractivity contribution is 5.96. The summed E-state index contributed by atoms with van der Waals surface area (Å²) in [7, 11) is 0. The molecule has 21 heavy (non-hydrogen) atoms. The Morgan fingerprint density at radius 2 is 1.81 bits per heavy atom. The second kappa shape index (κ2) is 6.14. The Morgan fingerprint density at radius 3 is 2.38 bits per heavy atom. The van der Waals surface area contributed by atoms with Crippen LogP contribution in [0.4, 0.5) is 0 Å². The Morgan fingerprint density at radius 1 is 1.19 bits per heavy atom. The van der Waals surface area contributed by atoms with Gasteiger partial charge in [-0.15, -0.1) is 0 Å². The third-order valence-corrected chi connectivity index (χ3v) is 3.90. The zero-order valence-electron chi connectivity index (χ0n) is 12.2. The van der Waals surface area contributed by atoms with Crippen molar-refractivity contribution in [3.05, 3.63) is 59.2 Å². The van der Waals surface area contributed by atoms with Crippen LogP contribution in [0.3, 0.4) is 0 Å². The largest absolute Gasteiger partial charge is 0.314 e. The fourth-order valence-corrected chi connectivity index (χ4v) is 2.42. The lowest BCUT2D eigenvalue weighted by atomic mass is 9.96. The fourth-order valence-electron chi connectivity index (χ4n) is 2.42. The van der Waals surface area contributed by atoms with Gasteiger partial charge in [0.15, 0.2) is 5.78 Å². The Balaban J connectivity index is 1.61. The van der Waals surface area contributed by atoms with Gasteiger partial charge in [0.05, 0.1) is 5.56 Å². The van der Waals surface area contributed by atoms with Crippen molar-refractivity contribution in [3.8, 4) is 0 Å². The summed E-state index contributed by atoms with van der Waals surface area (Å²) in [6.45, 7) is 2.94. The summed E-state index contributed by atoms with van der Waals surface area (Å²) in [6.07, 6.45) is 5.92. The van der Waals surface area contributed by atoms with Crippen LogP contribution in [0.5, 0.6) is 0 Å². The van der Waals surface area contributed by atoms with E-state index in [0.29, 0.717) is 23.9 Å². The van der Waals surface area contributed by atoms with E-state index in [4.69, 9.17) is 0 Å². The number of Topliss-reactive ketones (excluding diaryl/α,β-unsaturated/α-hetero) is 1. The second-order valence-corrected chi connectivity index (χ2v) is 5.58. The minimum Gasteiger partial charge on any atom is -0.314 e. The third-order valence-electron chi connectivity index (χ3n) is 3.90. The maximum absolute atomic E-state index is 12.2. The lowest BCUT2D eigenvalue weighted by molar-refractivity contribution is 0.0992. The van der Waals surface area contributed by atoms with Crippen LogP contribution in [0.15, 0.2) is 36.7 Å². The molecule has 1 aromatic carbocycles. The van der Waals surface area contributed by atoms with Gasteiger partial charge in [-0.1, -0.05) is 24.3 Å². The van der Waals surface area contributed by atoms with Gasteiger partial charge in [0, 0.05) is 24.9 Å². The summed E-state index contributed by atoms with van der Waals surface area (Å²) in [4.78, 5) is 20.3. The molecule has 1 saturated heterocycles. The number of hydrogen-bond acceptors (Lipinski definition) is 4. The van der Waals surface area contributed by atoms with Gasteiger partial charge in [-0.25, -0.2) is 9.97 Å². The second-order valence-electron chi connectivity index (χ2n) is 5.58. The van der Waals surface area contributed by atoms with E-state index in [0.717, 1.165) is 18.5 Å². The van der Waals surface area contributed by atoms with Gasteiger partial charge >= 0.3 is 0 Å². The molecule has 0 spiro atoms. The molecule has 1 aromatic heterocycles. The average Bonchev–Trinajstić information content (AvgIpc) is 2.45. The summed E-state index contributed by atoms with van der Waals surface area (Å²) < 4.78 is 0. The van der Waals surface area contributed by atoms with Crippen molar-refractivity contribution >= 4 is 5.78 Å². The zero-order chi connectivity index (χ0) is 14.7. The molecular formula is C17H19N3O. The predicted octanol–water partition coefficient (Wildman–Crippen LogP) is 2.11. The number of carbonyl (C=O) groups is 1. The van der Waals surface area contributed by atoms with Crippen LogP contribution >= 0.6 is 0 Å². The zero-order valence-corrected chi connectivity index (χ0v) is 12.2. The van der Waals surface area contributed by atoms with E-state index in [1.165, 1.54) is 12.0 Å². The van der Waals surface area contributed by atoms with Crippen molar-refractivity contribution in [1.82, 2.24) is 15.3 Å². The molecular weight excluding hydrogens is 262 g/mol. The third kappa shape index (κ3) is 3.52. The molecule has 4 heteroatoms. The normalized spacial score (nSPS) is 17.3. The first-order chi connectivity index (χ1) is 10.2. The molecule has 0 saturated carbocycles. The summed E-state index contributed by atoms with van der Waals surface area (Å²) in [5, 5.41) is 3.40. The number of hydrogen-bond donors (Lipinski definition) is 1. The number of aromatic nitrogens is 2. The first kappa shape index (κ1) is 13.9. The molecule has 108 valence electrons. The lowest BCUT2D eigenvalue weighted by Crippen LogP contribution is -2.44. The van der Waals surface area contributed by atoms with Crippen LogP contribution in [0.2, 0.25) is 0 Å². The summed E-state index contributed by atoms with van der Waals surface area (Å²) in [5.41, 5.74) is 2.93. The van der Waals surface area contributed by atoms with E-state index < -0.39 is 0 Å². The molecule has 0 bridgehead atoms. The van der Waals surface area contributed by atoms with E-state index in [-0.39, 0.29) is 5.78 Å². The number of nitrogens with one attached hydrogen (secondary N) is 1. The van der Waals surface area contributed by atoms with Gasteiger partial charge in [0.25, 0.3) is 0 Å². The highest BCUT2D eigenvalue weighted by Crippen LogP contribution is 2.13. The summed E-state index contributed by atoms with van der Waals surface area (Å²) in [6, 6.07) is 8.95. The minimum absolute atomic E-state index is 0.0587. The van der Waals surface area contributed by atoms with Gasteiger partial charge < -0.3 is 5.32 Å². The molecule has 1 N–H and O–H groups in total. The monoisotopic (exact) mass is 281 g/mol. The van der Waals surface area contributed by atoms with Crippen LogP contribution in [0.25, 0.3) is 0 Å². The Labute approximate surface area is 124 Å². The molecule has 1 atom stereocenters. The van der Waals surface area contributed by atoms with E-state index in [1.807, 2.05) is 19.1 Å². The fraction of sp³-hybridized carbons (Fsp3) is 0.353. The van der Waals surface area contributed by atoms with E-state index in [2.05, 4.69) is 27.4 Å². The Kier molecular flexibility index (Phi) is 4.06. The predicted molar refractivity (Wildman–Crippen MR) is 81.4 cm³/mol. The Bertz CT molecular complexity index is 615.